The second-order valence-corrected chi connectivity index (χ2v) is 7.07. The SMILES string of the molecule is O=C(CC1CSCCN1)N(Cc1ccc(F)cc1F)C1CC1. The fraction of sp³-hybridized carbons (Fsp3) is 0.562. The van der Waals surface area contributed by atoms with Crippen molar-refractivity contribution in [3.05, 3.63) is 35.4 Å². The Kier molecular flexibility index (Phi) is 4.98. The van der Waals surface area contributed by atoms with Crippen LogP contribution in [0.2, 0.25) is 0 Å². The topological polar surface area (TPSA) is 32.3 Å². The van der Waals surface area contributed by atoms with Crippen molar-refractivity contribution in [3.8, 4) is 0 Å². The number of thioether (sulfide) groups is 1. The van der Waals surface area contributed by atoms with Crippen LogP contribution >= 0.6 is 11.8 Å². The summed E-state index contributed by atoms with van der Waals surface area (Å²) >= 11 is 1.85. The summed E-state index contributed by atoms with van der Waals surface area (Å²) in [6.07, 6.45) is 2.40. The smallest absolute Gasteiger partial charge is 0.224 e. The van der Waals surface area contributed by atoms with Gasteiger partial charge >= 0.3 is 0 Å². The molecule has 1 heterocycles. The van der Waals surface area contributed by atoms with Crippen LogP contribution in [-0.2, 0) is 11.3 Å². The minimum absolute atomic E-state index is 0.0613. The van der Waals surface area contributed by atoms with Gasteiger partial charge in [0, 0.05) is 54.7 Å². The first-order valence-electron chi connectivity index (χ1n) is 7.68. The first-order chi connectivity index (χ1) is 10.6. The summed E-state index contributed by atoms with van der Waals surface area (Å²) in [6, 6.07) is 3.97. The minimum Gasteiger partial charge on any atom is -0.335 e. The summed E-state index contributed by atoms with van der Waals surface area (Å²) in [5.74, 6) is 0.914. The van der Waals surface area contributed by atoms with Gasteiger partial charge in [0.2, 0.25) is 5.91 Å². The molecule has 2 aliphatic rings. The molecule has 0 spiro atoms. The molecule has 0 bridgehead atoms. The lowest BCUT2D eigenvalue weighted by Crippen LogP contribution is -2.43. The van der Waals surface area contributed by atoms with E-state index < -0.39 is 11.6 Å². The number of hydrogen-bond donors (Lipinski definition) is 1. The Labute approximate surface area is 133 Å². The van der Waals surface area contributed by atoms with Gasteiger partial charge in [0.25, 0.3) is 0 Å². The molecule has 22 heavy (non-hydrogen) atoms. The Morgan fingerprint density at radius 2 is 2.18 bits per heavy atom. The molecule has 120 valence electrons. The molecule has 0 aromatic heterocycles. The van der Waals surface area contributed by atoms with Gasteiger partial charge in [0.1, 0.15) is 11.6 Å². The molecule has 1 aliphatic carbocycles. The van der Waals surface area contributed by atoms with E-state index in [0.717, 1.165) is 37.0 Å². The van der Waals surface area contributed by atoms with E-state index in [1.54, 1.807) is 4.90 Å². The zero-order valence-electron chi connectivity index (χ0n) is 12.4. The maximum absolute atomic E-state index is 13.8. The predicted molar refractivity (Wildman–Crippen MR) is 83.7 cm³/mol. The Morgan fingerprint density at radius 3 is 2.82 bits per heavy atom. The minimum atomic E-state index is -0.589. The third-order valence-electron chi connectivity index (χ3n) is 4.08. The molecule has 1 saturated heterocycles. The summed E-state index contributed by atoms with van der Waals surface area (Å²) in [7, 11) is 0. The highest BCUT2D eigenvalue weighted by Gasteiger charge is 2.34. The van der Waals surface area contributed by atoms with Crippen molar-refractivity contribution < 1.29 is 13.6 Å². The number of amides is 1. The Morgan fingerprint density at radius 1 is 1.36 bits per heavy atom. The van der Waals surface area contributed by atoms with Crippen LogP contribution in [0.15, 0.2) is 18.2 Å². The molecular formula is C16H20F2N2OS. The number of halogens is 2. The third-order valence-corrected chi connectivity index (χ3v) is 5.21. The van der Waals surface area contributed by atoms with Gasteiger partial charge in [-0.05, 0) is 18.9 Å². The zero-order chi connectivity index (χ0) is 15.5. The normalized spacial score (nSPS) is 21.6. The van der Waals surface area contributed by atoms with Gasteiger partial charge in [0.05, 0.1) is 0 Å². The Hall–Kier alpha value is -1.14. The van der Waals surface area contributed by atoms with E-state index in [9.17, 15) is 13.6 Å². The summed E-state index contributed by atoms with van der Waals surface area (Å²) < 4.78 is 26.8. The van der Waals surface area contributed by atoms with Crippen LogP contribution in [0.1, 0.15) is 24.8 Å². The van der Waals surface area contributed by atoms with Gasteiger partial charge in [-0.2, -0.15) is 11.8 Å². The van der Waals surface area contributed by atoms with Gasteiger partial charge in [-0.25, -0.2) is 8.78 Å². The first kappa shape index (κ1) is 15.7. The highest BCUT2D eigenvalue weighted by atomic mass is 32.2. The number of carbonyl (C=O) groups is 1. The molecule has 1 aliphatic heterocycles. The number of carbonyl (C=O) groups excluding carboxylic acids is 1. The van der Waals surface area contributed by atoms with E-state index in [1.165, 1.54) is 12.1 Å². The maximum atomic E-state index is 13.8. The highest BCUT2D eigenvalue weighted by molar-refractivity contribution is 7.99. The largest absolute Gasteiger partial charge is 0.335 e. The van der Waals surface area contributed by atoms with Crippen LogP contribution in [0.5, 0.6) is 0 Å². The van der Waals surface area contributed by atoms with Crippen molar-refractivity contribution in [1.82, 2.24) is 10.2 Å². The van der Waals surface area contributed by atoms with Gasteiger partial charge in [-0.3, -0.25) is 4.79 Å². The van der Waals surface area contributed by atoms with E-state index >= 15 is 0 Å². The second kappa shape index (κ2) is 6.96. The van der Waals surface area contributed by atoms with Crippen LogP contribution in [-0.4, -0.2) is 40.9 Å². The van der Waals surface area contributed by atoms with Gasteiger partial charge in [-0.15, -0.1) is 0 Å². The monoisotopic (exact) mass is 326 g/mol. The van der Waals surface area contributed by atoms with Crippen molar-refractivity contribution in [3.63, 3.8) is 0 Å². The van der Waals surface area contributed by atoms with Gasteiger partial charge in [0.15, 0.2) is 0 Å². The number of hydrogen-bond acceptors (Lipinski definition) is 3. The molecule has 2 fully saturated rings. The van der Waals surface area contributed by atoms with E-state index in [0.29, 0.717) is 12.0 Å². The Balaban J connectivity index is 1.65. The quantitative estimate of drug-likeness (QED) is 0.902. The predicted octanol–water partition coefficient (Wildman–Crippen LogP) is 2.55. The van der Waals surface area contributed by atoms with Crippen molar-refractivity contribution in [2.45, 2.75) is 37.9 Å². The maximum Gasteiger partial charge on any atom is 0.224 e. The molecule has 1 N–H and O–H groups in total. The average Bonchev–Trinajstić information content (AvgIpc) is 3.32. The molecule has 1 saturated carbocycles. The molecule has 1 amide bonds. The van der Waals surface area contributed by atoms with Crippen LogP contribution in [0.4, 0.5) is 8.78 Å². The van der Waals surface area contributed by atoms with Crippen LogP contribution in [0.25, 0.3) is 0 Å². The molecule has 0 radical (unpaired) electrons. The summed E-state index contributed by atoms with van der Waals surface area (Å²) in [5.41, 5.74) is 0.382. The first-order valence-corrected chi connectivity index (χ1v) is 8.83. The third kappa shape index (κ3) is 3.98. The molecule has 1 aromatic carbocycles. The summed E-state index contributed by atoms with van der Waals surface area (Å²) in [6.45, 7) is 1.16. The van der Waals surface area contributed by atoms with E-state index in [4.69, 9.17) is 0 Å². The molecule has 6 heteroatoms. The molecule has 3 rings (SSSR count). The van der Waals surface area contributed by atoms with E-state index in [2.05, 4.69) is 5.32 Å². The van der Waals surface area contributed by atoms with Gasteiger partial charge in [-0.1, -0.05) is 6.07 Å². The number of nitrogens with zero attached hydrogens (tertiary/aromatic N) is 1. The van der Waals surface area contributed by atoms with E-state index in [-0.39, 0.29) is 24.5 Å². The second-order valence-electron chi connectivity index (χ2n) is 5.92. The molecule has 1 atom stereocenters. The lowest BCUT2D eigenvalue weighted by molar-refractivity contribution is -0.132. The summed E-state index contributed by atoms with van der Waals surface area (Å²) in [5, 5.41) is 3.35. The van der Waals surface area contributed by atoms with Crippen molar-refractivity contribution >= 4 is 17.7 Å². The lowest BCUT2D eigenvalue weighted by Gasteiger charge is -2.27. The van der Waals surface area contributed by atoms with Gasteiger partial charge < -0.3 is 10.2 Å². The molecule has 1 aromatic rings. The number of rotatable bonds is 5. The molecule has 3 nitrogen and oxygen atoms in total. The Bertz CT molecular complexity index is 545. The van der Waals surface area contributed by atoms with Crippen molar-refractivity contribution in [2.24, 2.45) is 0 Å². The lowest BCUT2D eigenvalue weighted by atomic mass is 10.1. The van der Waals surface area contributed by atoms with Crippen molar-refractivity contribution in [2.75, 3.05) is 18.1 Å². The molecule has 1 unspecified atom stereocenters. The average molecular weight is 326 g/mol. The van der Waals surface area contributed by atoms with Crippen LogP contribution < -0.4 is 5.32 Å². The fourth-order valence-corrected chi connectivity index (χ4v) is 3.67. The number of benzene rings is 1. The van der Waals surface area contributed by atoms with Crippen LogP contribution in [0.3, 0.4) is 0 Å². The highest BCUT2D eigenvalue weighted by Crippen LogP contribution is 2.30. The van der Waals surface area contributed by atoms with Crippen molar-refractivity contribution in [1.29, 1.82) is 0 Å². The summed E-state index contributed by atoms with van der Waals surface area (Å²) in [4.78, 5) is 14.3. The molecular weight excluding hydrogens is 306 g/mol. The van der Waals surface area contributed by atoms with Crippen LogP contribution in [0, 0.1) is 11.6 Å². The number of nitrogens with one attached hydrogen (secondary N) is 1. The standard InChI is InChI=1S/C16H20F2N2OS/c17-12-2-1-11(15(18)7-12)9-20(14-3-4-14)16(21)8-13-10-22-6-5-19-13/h1-2,7,13-14,19H,3-6,8-10H2. The zero-order valence-corrected chi connectivity index (χ0v) is 13.2. The fourth-order valence-electron chi connectivity index (χ4n) is 2.72. The van der Waals surface area contributed by atoms with E-state index in [1.807, 2.05) is 11.8 Å².